The van der Waals surface area contributed by atoms with Crippen molar-refractivity contribution in [1.82, 2.24) is 4.90 Å². The van der Waals surface area contributed by atoms with Gasteiger partial charge in [-0.1, -0.05) is 30.3 Å². The molecule has 1 unspecified atom stereocenters. The van der Waals surface area contributed by atoms with Crippen LogP contribution in [0.1, 0.15) is 17.2 Å². The standard InChI is InChI=1S/C14H15NO2S/c1-15(9-11-7-8-18-10-11)13(14(16)17)12-5-3-2-4-6-12/h2-8,10,13H,9H2,1H3,(H,16,17). The number of thiophene rings is 1. The van der Waals surface area contributed by atoms with Gasteiger partial charge in [0, 0.05) is 6.54 Å². The van der Waals surface area contributed by atoms with Gasteiger partial charge in [0.25, 0.3) is 0 Å². The first-order valence-electron chi connectivity index (χ1n) is 5.67. The van der Waals surface area contributed by atoms with E-state index in [1.165, 1.54) is 0 Å². The van der Waals surface area contributed by atoms with Crippen molar-refractivity contribution < 1.29 is 9.90 Å². The van der Waals surface area contributed by atoms with Gasteiger partial charge in [-0.2, -0.15) is 11.3 Å². The summed E-state index contributed by atoms with van der Waals surface area (Å²) in [6, 6.07) is 10.7. The Balaban J connectivity index is 2.18. The van der Waals surface area contributed by atoms with Crippen molar-refractivity contribution in [2.24, 2.45) is 0 Å². The van der Waals surface area contributed by atoms with Gasteiger partial charge in [-0.05, 0) is 35.0 Å². The predicted octanol–water partition coefficient (Wildman–Crippen LogP) is 3.01. The zero-order valence-corrected chi connectivity index (χ0v) is 10.9. The fourth-order valence-corrected chi connectivity index (χ4v) is 2.64. The molecule has 94 valence electrons. The van der Waals surface area contributed by atoms with Gasteiger partial charge in [0.15, 0.2) is 0 Å². The Kier molecular flexibility index (Phi) is 4.12. The molecule has 18 heavy (non-hydrogen) atoms. The summed E-state index contributed by atoms with van der Waals surface area (Å²) in [6.45, 7) is 0.634. The van der Waals surface area contributed by atoms with Crippen molar-refractivity contribution >= 4 is 17.3 Å². The van der Waals surface area contributed by atoms with Gasteiger partial charge in [0.05, 0.1) is 0 Å². The summed E-state index contributed by atoms with van der Waals surface area (Å²) in [7, 11) is 1.84. The van der Waals surface area contributed by atoms with E-state index in [1.54, 1.807) is 11.3 Å². The SMILES string of the molecule is CN(Cc1ccsc1)C(C(=O)O)c1ccccc1. The molecular formula is C14H15NO2S. The number of carboxylic acid groups (broad SMARTS) is 1. The lowest BCUT2D eigenvalue weighted by Gasteiger charge is -2.24. The van der Waals surface area contributed by atoms with Gasteiger partial charge in [0.1, 0.15) is 6.04 Å². The molecule has 1 N–H and O–H groups in total. The van der Waals surface area contributed by atoms with Crippen LogP contribution < -0.4 is 0 Å². The van der Waals surface area contributed by atoms with Gasteiger partial charge in [-0.3, -0.25) is 9.69 Å². The van der Waals surface area contributed by atoms with Gasteiger partial charge >= 0.3 is 5.97 Å². The van der Waals surface area contributed by atoms with E-state index in [4.69, 9.17) is 0 Å². The highest BCUT2D eigenvalue weighted by Gasteiger charge is 2.24. The van der Waals surface area contributed by atoms with E-state index in [1.807, 2.05) is 59.1 Å². The normalized spacial score (nSPS) is 12.6. The lowest BCUT2D eigenvalue weighted by atomic mass is 10.1. The number of aliphatic carboxylic acids is 1. The number of rotatable bonds is 5. The molecular weight excluding hydrogens is 246 g/mol. The number of carboxylic acids is 1. The Bertz CT molecular complexity index is 496. The van der Waals surface area contributed by atoms with Crippen molar-refractivity contribution in [3.8, 4) is 0 Å². The van der Waals surface area contributed by atoms with Crippen LogP contribution in [0.3, 0.4) is 0 Å². The first-order chi connectivity index (χ1) is 8.68. The molecule has 0 amide bonds. The molecule has 3 nitrogen and oxygen atoms in total. The Morgan fingerprint density at radius 2 is 2.06 bits per heavy atom. The Morgan fingerprint density at radius 3 is 2.61 bits per heavy atom. The van der Waals surface area contributed by atoms with Crippen molar-refractivity contribution in [1.29, 1.82) is 0 Å². The lowest BCUT2D eigenvalue weighted by Crippen LogP contribution is -2.30. The summed E-state index contributed by atoms with van der Waals surface area (Å²) in [6.07, 6.45) is 0. The number of nitrogens with zero attached hydrogens (tertiary/aromatic N) is 1. The van der Waals surface area contributed by atoms with Crippen LogP contribution in [0.2, 0.25) is 0 Å². The second kappa shape index (κ2) is 5.80. The summed E-state index contributed by atoms with van der Waals surface area (Å²) in [4.78, 5) is 13.3. The van der Waals surface area contributed by atoms with Crippen LogP contribution in [-0.2, 0) is 11.3 Å². The van der Waals surface area contributed by atoms with Crippen molar-refractivity contribution in [2.75, 3.05) is 7.05 Å². The molecule has 1 aromatic carbocycles. The van der Waals surface area contributed by atoms with Crippen LogP contribution >= 0.6 is 11.3 Å². The van der Waals surface area contributed by atoms with Crippen molar-refractivity contribution in [3.05, 3.63) is 58.3 Å². The largest absolute Gasteiger partial charge is 0.480 e. The molecule has 4 heteroatoms. The van der Waals surface area contributed by atoms with E-state index in [-0.39, 0.29) is 0 Å². The van der Waals surface area contributed by atoms with Gasteiger partial charge in [-0.25, -0.2) is 0 Å². The molecule has 0 fully saturated rings. The van der Waals surface area contributed by atoms with Crippen LogP contribution in [0, 0.1) is 0 Å². The van der Waals surface area contributed by atoms with Gasteiger partial charge in [-0.15, -0.1) is 0 Å². The summed E-state index contributed by atoms with van der Waals surface area (Å²) < 4.78 is 0. The molecule has 1 aromatic heterocycles. The number of likely N-dealkylation sites (N-methyl/N-ethyl adjacent to an activating group) is 1. The fourth-order valence-electron chi connectivity index (χ4n) is 1.98. The maximum atomic E-state index is 11.4. The average molecular weight is 261 g/mol. The number of hydrogen-bond acceptors (Lipinski definition) is 3. The molecule has 1 atom stereocenters. The monoisotopic (exact) mass is 261 g/mol. The second-order valence-electron chi connectivity index (χ2n) is 4.20. The van der Waals surface area contributed by atoms with Crippen LogP contribution in [0.4, 0.5) is 0 Å². The van der Waals surface area contributed by atoms with Crippen LogP contribution in [0.5, 0.6) is 0 Å². The third-order valence-corrected chi connectivity index (χ3v) is 3.53. The second-order valence-corrected chi connectivity index (χ2v) is 4.98. The highest BCUT2D eigenvalue weighted by atomic mass is 32.1. The van der Waals surface area contributed by atoms with E-state index in [0.29, 0.717) is 6.54 Å². The molecule has 1 heterocycles. The van der Waals surface area contributed by atoms with E-state index < -0.39 is 12.0 Å². The molecule has 0 saturated carbocycles. The smallest absolute Gasteiger partial charge is 0.325 e. The quantitative estimate of drug-likeness (QED) is 0.899. The summed E-state index contributed by atoms with van der Waals surface area (Å²) in [5.74, 6) is -0.820. The molecule has 2 aromatic rings. The van der Waals surface area contributed by atoms with Crippen molar-refractivity contribution in [3.63, 3.8) is 0 Å². The highest BCUT2D eigenvalue weighted by molar-refractivity contribution is 7.07. The molecule has 0 aliphatic carbocycles. The summed E-state index contributed by atoms with van der Waals surface area (Å²) in [5.41, 5.74) is 1.95. The molecule has 0 spiro atoms. The van der Waals surface area contributed by atoms with Crippen LogP contribution in [0.15, 0.2) is 47.2 Å². The van der Waals surface area contributed by atoms with E-state index >= 15 is 0 Å². The van der Waals surface area contributed by atoms with E-state index in [2.05, 4.69) is 0 Å². The van der Waals surface area contributed by atoms with Crippen LogP contribution in [-0.4, -0.2) is 23.0 Å². The molecule has 2 rings (SSSR count). The van der Waals surface area contributed by atoms with E-state index in [9.17, 15) is 9.90 Å². The van der Waals surface area contributed by atoms with E-state index in [0.717, 1.165) is 11.1 Å². The number of benzene rings is 1. The minimum Gasteiger partial charge on any atom is -0.480 e. The highest BCUT2D eigenvalue weighted by Crippen LogP contribution is 2.22. The molecule has 0 bridgehead atoms. The molecule has 0 saturated heterocycles. The summed E-state index contributed by atoms with van der Waals surface area (Å²) >= 11 is 1.62. The average Bonchev–Trinajstić information content (AvgIpc) is 2.83. The Labute approximate surface area is 110 Å². The molecule has 0 aliphatic heterocycles. The predicted molar refractivity (Wildman–Crippen MR) is 72.6 cm³/mol. The Hall–Kier alpha value is -1.65. The molecule has 0 radical (unpaired) electrons. The maximum absolute atomic E-state index is 11.4. The van der Waals surface area contributed by atoms with Gasteiger partial charge in [0.2, 0.25) is 0 Å². The van der Waals surface area contributed by atoms with Gasteiger partial charge < -0.3 is 5.11 Å². The zero-order valence-electron chi connectivity index (χ0n) is 10.1. The fraction of sp³-hybridized carbons (Fsp3) is 0.214. The topological polar surface area (TPSA) is 40.5 Å². The first-order valence-corrected chi connectivity index (χ1v) is 6.62. The maximum Gasteiger partial charge on any atom is 0.325 e. The Morgan fingerprint density at radius 1 is 1.33 bits per heavy atom. The zero-order chi connectivity index (χ0) is 13.0. The number of hydrogen-bond donors (Lipinski definition) is 1. The third kappa shape index (κ3) is 2.97. The third-order valence-electron chi connectivity index (χ3n) is 2.80. The number of carbonyl (C=O) groups is 1. The minimum absolute atomic E-state index is 0.605. The molecule has 0 aliphatic rings. The van der Waals surface area contributed by atoms with Crippen molar-refractivity contribution in [2.45, 2.75) is 12.6 Å². The lowest BCUT2D eigenvalue weighted by molar-refractivity contribution is -0.143. The minimum atomic E-state index is -0.820. The van der Waals surface area contributed by atoms with Crippen LogP contribution in [0.25, 0.3) is 0 Å². The summed E-state index contributed by atoms with van der Waals surface area (Å²) in [5, 5.41) is 13.4. The first kappa shape index (κ1) is 12.8.